The number of methoxy groups -OCH3 is 3. The molecule has 7 nitrogen and oxygen atoms in total. The number of rotatable bonds is 6. The third kappa shape index (κ3) is 4.27. The van der Waals surface area contributed by atoms with E-state index in [0.717, 1.165) is 28.4 Å². The van der Waals surface area contributed by atoms with Gasteiger partial charge in [0.1, 0.15) is 11.5 Å². The van der Waals surface area contributed by atoms with Crippen LogP contribution in [0.5, 0.6) is 11.5 Å². The predicted octanol–water partition coefficient (Wildman–Crippen LogP) is 5.64. The van der Waals surface area contributed by atoms with Crippen molar-refractivity contribution in [1.82, 2.24) is 4.57 Å². The SMILES string of the molecule is COC(=O)C1=C(C)N(c2ccc(OC)c(Cl)c2)C(=O)/C1=C\c1cc(C)n(-c2ccc(OC)cc2)c1C. The normalized spacial score (nSPS) is 14.6. The van der Waals surface area contributed by atoms with E-state index in [1.807, 2.05) is 44.2 Å². The number of nitrogens with zero attached hydrogens (tertiary/aromatic N) is 2. The average molecular weight is 507 g/mol. The fourth-order valence-corrected chi connectivity index (χ4v) is 4.76. The summed E-state index contributed by atoms with van der Waals surface area (Å²) in [6, 6.07) is 14.7. The van der Waals surface area contributed by atoms with Crippen LogP contribution in [0.1, 0.15) is 23.9 Å². The molecule has 1 aliphatic rings. The molecule has 0 fully saturated rings. The molecule has 0 radical (unpaired) electrons. The zero-order valence-corrected chi connectivity index (χ0v) is 21.8. The minimum absolute atomic E-state index is 0.212. The first-order valence-electron chi connectivity index (χ1n) is 11.2. The van der Waals surface area contributed by atoms with Crippen LogP contribution in [-0.2, 0) is 14.3 Å². The Kier molecular flexibility index (Phi) is 6.95. The lowest BCUT2D eigenvalue weighted by Crippen LogP contribution is -2.24. The van der Waals surface area contributed by atoms with Crippen molar-refractivity contribution in [2.75, 3.05) is 26.2 Å². The van der Waals surface area contributed by atoms with Crippen molar-refractivity contribution in [3.63, 3.8) is 0 Å². The van der Waals surface area contributed by atoms with Crippen molar-refractivity contribution in [1.29, 1.82) is 0 Å². The third-order valence-corrected chi connectivity index (χ3v) is 6.58. The Labute approximate surface area is 215 Å². The van der Waals surface area contributed by atoms with Crippen molar-refractivity contribution >= 4 is 35.2 Å². The van der Waals surface area contributed by atoms with E-state index in [2.05, 4.69) is 4.57 Å². The molecule has 4 rings (SSSR count). The van der Waals surface area contributed by atoms with E-state index in [-0.39, 0.29) is 17.1 Å². The van der Waals surface area contributed by atoms with E-state index < -0.39 is 5.97 Å². The molecule has 8 heteroatoms. The van der Waals surface area contributed by atoms with E-state index in [1.165, 1.54) is 19.1 Å². The number of aryl methyl sites for hydroxylation is 1. The monoisotopic (exact) mass is 506 g/mol. The zero-order chi connectivity index (χ0) is 26.1. The van der Waals surface area contributed by atoms with Crippen molar-refractivity contribution in [3.05, 3.63) is 87.3 Å². The summed E-state index contributed by atoms with van der Waals surface area (Å²) in [6.07, 6.45) is 1.74. The molecular weight excluding hydrogens is 480 g/mol. The number of amides is 1. The molecule has 0 spiro atoms. The van der Waals surface area contributed by atoms with E-state index in [4.69, 9.17) is 25.8 Å². The number of hydrogen-bond acceptors (Lipinski definition) is 5. The van der Waals surface area contributed by atoms with Crippen LogP contribution in [0, 0.1) is 13.8 Å². The van der Waals surface area contributed by atoms with E-state index >= 15 is 0 Å². The van der Waals surface area contributed by atoms with Gasteiger partial charge in [0.25, 0.3) is 5.91 Å². The molecule has 0 aliphatic carbocycles. The molecule has 186 valence electrons. The largest absolute Gasteiger partial charge is 0.497 e. The molecule has 3 aromatic rings. The van der Waals surface area contributed by atoms with Gasteiger partial charge in [0, 0.05) is 22.8 Å². The van der Waals surface area contributed by atoms with Crippen LogP contribution in [0.3, 0.4) is 0 Å². The first-order valence-corrected chi connectivity index (χ1v) is 11.6. The van der Waals surface area contributed by atoms with Gasteiger partial charge in [-0.15, -0.1) is 0 Å². The fraction of sp³-hybridized carbons (Fsp3) is 0.214. The Morgan fingerprint density at radius 3 is 2.17 bits per heavy atom. The van der Waals surface area contributed by atoms with Crippen LogP contribution in [0.2, 0.25) is 5.02 Å². The summed E-state index contributed by atoms with van der Waals surface area (Å²) in [7, 11) is 4.44. The molecule has 0 bridgehead atoms. The molecule has 2 heterocycles. The van der Waals surface area contributed by atoms with Gasteiger partial charge in [-0.3, -0.25) is 9.69 Å². The molecule has 0 saturated carbocycles. The van der Waals surface area contributed by atoms with Crippen LogP contribution < -0.4 is 14.4 Å². The molecule has 36 heavy (non-hydrogen) atoms. The Bertz CT molecular complexity index is 1420. The number of halogens is 1. The van der Waals surface area contributed by atoms with Crippen LogP contribution in [0.15, 0.2) is 65.4 Å². The maximum Gasteiger partial charge on any atom is 0.340 e. The summed E-state index contributed by atoms with van der Waals surface area (Å²) in [6.45, 7) is 5.67. The van der Waals surface area contributed by atoms with E-state index in [1.54, 1.807) is 38.3 Å². The van der Waals surface area contributed by atoms with Crippen LogP contribution >= 0.6 is 11.6 Å². The number of anilines is 1. The summed E-state index contributed by atoms with van der Waals surface area (Å²) in [5.74, 6) is 0.326. The average Bonchev–Trinajstić information content (AvgIpc) is 3.29. The Morgan fingerprint density at radius 1 is 0.917 bits per heavy atom. The maximum absolute atomic E-state index is 13.7. The highest BCUT2D eigenvalue weighted by Crippen LogP contribution is 2.38. The van der Waals surface area contributed by atoms with Gasteiger partial charge in [-0.05, 0) is 80.9 Å². The van der Waals surface area contributed by atoms with Gasteiger partial charge in [0.2, 0.25) is 0 Å². The number of esters is 1. The summed E-state index contributed by atoms with van der Waals surface area (Å²) < 4.78 is 17.6. The molecule has 1 amide bonds. The highest BCUT2D eigenvalue weighted by molar-refractivity contribution is 6.32. The zero-order valence-electron chi connectivity index (χ0n) is 21.0. The third-order valence-electron chi connectivity index (χ3n) is 6.28. The van der Waals surface area contributed by atoms with Gasteiger partial charge < -0.3 is 18.8 Å². The van der Waals surface area contributed by atoms with Crippen molar-refractivity contribution in [2.45, 2.75) is 20.8 Å². The quantitative estimate of drug-likeness (QED) is 0.319. The van der Waals surface area contributed by atoms with Crippen LogP contribution in [0.25, 0.3) is 11.8 Å². The highest BCUT2D eigenvalue weighted by atomic mass is 35.5. The molecule has 1 aliphatic heterocycles. The Morgan fingerprint density at radius 2 is 1.58 bits per heavy atom. The molecule has 0 unspecified atom stereocenters. The fourth-order valence-electron chi connectivity index (χ4n) is 4.50. The maximum atomic E-state index is 13.7. The first-order chi connectivity index (χ1) is 17.2. The van der Waals surface area contributed by atoms with Gasteiger partial charge in [0.15, 0.2) is 0 Å². The number of ether oxygens (including phenoxy) is 3. The summed E-state index contributed by atoms with van der Waals surface area (Å²) in [4.78, 5) is 27.9. The number of carbonyl (C=O) groups is 2. The number of hydrogen-bond donors (Lipinski definition) is 0. The lowest BCUT2D eigenvalue weighted by atomic mass is 10.0. The standard InChI is InChI=1S/C28H27ClN2O5/c1-16-13-19(17(2)30(16)20-7-10-22(34-4)11-8-20)14-23-26(28(33)36-6)18(3)31(27(23)32)21-9-12-25(35-5)24(29)15-21/h7-15H,1-6H3/b23-14-. The number of benzene rings is 2. The van der Waals surface area contributed by atoms with Gasteiger partial charge >= 0.3 is 5.97 Å². The van der Waals surface area contributed by atoms with Crippen LogP contribution in [0.4, 0.5) is 5.69 Å². The van der Waals surface area contributed by atoms with Gasteiger partial charge in [-0.1, -0.05) is 11.6 Å². The Hall–Kier alpha value is -3.97. The highest BCUT2D eigenvalue weighted by Gasteiger charge is 2.38. The number of aromatic nitrogens is 1. The lowest BCUT2D eigenvalue weighted by Gasteiger charge is -2.19. The van der Waals surface area contributed by atoms with Crippen LogP contribution in [-0.4, -0.2) is 37.8 Å². The molecule has 0 saturated heterocycles. The van der Waals surface area contributed by atoms with Gasteiger partial charge in [-0.25, -0.2) is 4.79 Å². The summed E-state index contributed by atoms with van der Waals surface area (Å²) in [5, 5.41) is 0.357. The summed E-state index contributed by atoms with van der Waals surface area (Å²) >= 11 is 6.32. The minimum Gasteiger partial charge on any atom is -0.497 e. The van der Waals surface area contributed by atoms with Crippen molar-refractivity contribution in [3.8, 4) is 17.2 Å². The topological polar surface area (TPSA) is 70.0 Å². The van der Waals surface area contributed by atoms with Gasteiger partial charge in [-0.2, -0.15) is 0 Å². The Balaban J connectivity index is 1.82. The smallest absolute Gasteiger partial charge is 0.340 e. The summed E-state index contributed by atoms with van der Waals surface area (Å²) in [5.41, 5.74) is 5.13. The second kappa shape index (κ2) is 9.95. The minimum atomic E-state index is -0.585. The van der Waals surface area contributed by atoms with E-state index in [9.17, 15) is 9.59 Å². The number of carbonyl (C=O) groups excluding carboxylic acids is 2. The second-order valence-electron chi connectivity index (χ2n) is 8.33. The molecule has 0 atom stereocenters. The van der Waals surface area contributed by atoms with Gasteiger partial charge in [0.05, 0.1) is 43.2 Å². The lowest BCUT2D eigenvalue weighted by molar-refractivity contribution is -0.136. The molecule has 1 aromatic heterocycles. The molecule has 0 N–H and O–H groups in total. The van der Waals surface area contributed by atoms with E-state index in [0.29, 0.717) is 22.2 Å². The molecule has 2 aromatic carbocycles. The predicted molar refractivity (Wildman–Crippen MR) is 140 cm³/mol. The van der Waals surface area contributed by atoms with Crippen molar-refractivity contribution < 1.29 is 23.8 Å². The number of allylic oxidation sites excluding steroid dienone is 1. The second-order valence-corrected chi connectivity index (χ2v) is 8.74. The van der Waals surface area contributed by atoms with Crippen molar-refractivity contribution in [2.24, 2.45) is 0 Å². The molecular formula is C28H27ClN2O5. The first kappa shape index (κ1) is 25.1.